The molecule has 0 aromatic carbocycles. The zero-order valence-corrected chi connectivity index (χ0v) is 12.7. The second-order valence-electron chi connectivity index (χ2n) is 4.99. The number of carbonyl (C=O) groups excluding carboxylic acids is 2. The van der Waals surface area contributed by atoms with Crippen LogP contribution in [0.2, 0.25) is 0 Å². The number of carbonyl (C=O) groups is 3. The standard InChI is InChI=1S/C13H25N3O4/c1-5-8-16(9-11(17)15(3)4)13(20)14-10(2)6-7-12(18)19/h10H,5-9H2,1-4H3,(H,14,20)(H,18,19). The minimum Gasteiger partial charge on any atom is -0.481 e. The normalized spacial score (nSPS) is 11.6. The fraction of sp³-hybridized carbons (Fsp3) is 0.769. The Morgan fingerprint density at radius 2 is 1.85 bits per heavy atom. The van der Waals surface area contributed by atoms with Gasteiger partial charge in [0.2, 0.25) is 5.91 Å². The number of hydrogen-bond acceptors (Lipinski definition) is 3. The van der Waals surface area contributed by atoms with Crippen LogP contribution < -0.4 is 5.32 Å². The molecule has 116 valence electrons. The number of urea groups is 1. The largest absolute Gasteiger partial charge is 0.481 e. The van der Waals surface area contributed by atoms with Gasteiger partial charge in [-0.3, -0.25) is 9.59 Å². The Bertz CT molecular complexity index is 345. The summed E-state index contributed by atoms with van der Waals surface area (Å²) in [7, 11) is 3.28. The highest BCUT2D eigenvalue weighted by atomic mass is 16.4. The lowest BCUT2D eigenvalue weighted by Gasteiger charge is -2.25. The molecule has 0 rings (SSSR count). The maximum absolute atomic E-state index is 12.0. The third kappa shape index (κ3) is 7.60. The summed E-state index contributed by atoms with van der Waals surface area (Å²) in [5.41, 5.74) is 0. The highest BCUT2D eigenvalue weighted by molar-refractivity contribution is 5.83. The number of carboxylic acid groups (broad SMARTS) is 1. The van der Waals surface area contributed by atoms with Gasteiger partial charge < -0.3 is 20.2 Å². The second-order valence-corrected chi connectivity index (χ2v) is 4.99. The van der Waals surface area contributed by atoms with Crippen LogP contribution in [-0.2, 0) is 9.59 Å². The van der Waals surface area contributed by atoms with Crippen LogP contribution in [0.15, 0.2) is 0 Å². The Labute approximate surface area is 119 Å². The molecule has 7 heteroatoms. The molecule has 0 radical (unpaired) electrons. The lowest BCUT2D eigenvalue weighted by Crippen LogP contribution is -2.48. The van der Waals surface area contributed by atoms with E-state index in [2.05, 4.69) is 5.32 Å². The Hall–Kier alpha value is -1.79. The summed E-state index contributed by atoms with van der Waals surface area (Å²) < 4.78 is 0. The topological polar surface area (TPSA) is 90.0 Å². The molecule has 0 bridgehead atoms. The van der Waals surface area contributed by atoms with Crippen LogP contribution in [0.1, 0.15) is 33.1 Å². The van der Waals surface area contributed by atoms with Crippen molar-refractivity contribution in [3.8, 4) is 0 Å². The number of nitrogens with one attached hydrogen (secondary N) is 1. The van der Waals surface area contributed by atoms with Gasteiger partial charge in [0.25, 0.3) is 0 Å². The maximum atomic E-state index is 12.0. The molecule has 2 N–H and O–H groups in total. The zero-order valence-electron chi connectivity index (χ0n) is 12.7. The Kier molecular flexibility index (Phi) is 8.35. The lowest BCUT2D eigenvalue weighted by molar-refractivity contribution is -0.137. The Balaban J connectivity index is 4.41. The van der Waals surface area contributed by atoms with Crippen molar-refractivity contribution >= 4 is 17.9 Å². The quantitative estimate of drug-likeness (QED) is 0.689. The number of nitrogens with zero attached hydrogens (tertiary/aromatic N) is 2. The van der Waals surface area contributed by atoms with Gasteiger partial charge >= 0.3 is 12.0 Å². The first-order valence-corrected chi connectivity index (χ1v) is 6.75. The van der Waals surface area contributed by atoms with Crippen molar-refractivity contribution < 1.29 is 19.5 Å². The van der Waals surface area contributed by atoms with Gasteiger partial charge in [0.05, 0.1) is 0 Å². The third-order valence-corrected chi connectivity index (χ3v) is 2.77. The van der Waals surface area contributed by atoms with E-state index in [0.29, 0.717) is 13.0 Å². The molecule has 0 aromatic rings. The molecular formula is C13H25N3O4. The molecule has 0 aliphatic carbocycles. The minimum absolute atomic E-state index is 0.00581. The summed E-state index contributed by atoms with van der Waals surface area (Å²) in [5, 5.41) is 11.3. The Morgan fingerprint density at radius 3 is 2.30 bits per heavy atom. The molecule has 0 saturated heterocycles. The maximum Gasteiger partial charge on any atom is 0.318 e. The highest BCUT2D eigenvalue weighted by Gasteiger charge is 2.19. The van der Waals surface area contributed by atoms with E-state index < -0.39 is 5.97 Å². The van der Waals surface area contributed by atoms with Gasteiger partial charge in [0, 0.05) is 33.1 Å². The Morgan fingerprint density at radius 1 is 1.25 bits per heavy atom. The third-order valence-electron chi connectivity index (χ3n) is 2.77. The van der Waals surface area contributed by atoms with Gasteiger partial charge in [-0.25, -0.2) is 4.79 Å². The van der Waals surface area contributed by atoms with Crippen LogP contribution in [0, 0.1) is 0 Å². The number of hydrogen-bond donors (Lipinski definition) is 2. The highest BCUT2D eigenvalue weighted by Crippen LogP contribution is 2.00. The second kappa shape index (κ2) is 9.17. The smallest absolute Gasteiger partial charge is 0.318 e. The lowest BCUT2D eigenvalue weighted by atomic mass is 10.2. The van der Waals surface area contributed by atoms with Crippen molar-refractivity contribution in [1.82, 2.24) is 15.1 Å². The van der Waals surface area contributed by atoms with E-state index in [-0.39, 0.29) is 30.9 Å². The number of likely N-dealkylation sites (N-methyl/N-ethyl adjacent to an activating group) is 1. The van der Waals surface area contributed by atoms with Gasteiger partial charge in [-0.2, -0.15) is 0 Å². The molecule has 1 atom stereocenters. The zero-order chi connectivity index (χ0) is 15.7. The molecular weight excluding hydrogens is 262 g/mol. The van der Waals surface area contributed by atoms with Crippen LogP contribution in [0.5, 0.6) is 0 Å². The number of amides is 3. The molecule has 0 heterocycles. The number of carboxylic acids is 1. The van der Waals surface area contributed by atoms with Gasteiger partial charge in [-0.05, 0) is 19.8 Å². The monoisotopic (exact) mass is 287 g/mol. The van der Waals surface area contributed by atoms with Gasteiger partial charge in [-0.1, -0.05) is 6.92 Å². The van der Waals surface area contributed by atoms with Crippen molar-refractivity contribution in [3.63, 3.8) is 0 Å². The predicted octanol–water partition coefficient (Wildman–Crippen LogP) is 0.750. The van der Waals surface area contributed by atoms with Crippen molar-refractivity contribution in [3.05, 3.63) is 0 Å². The fourth-order valence-electron chi connectivity index (χ4n) is 1.54. The van der Waals surface area contributed by atoms with Gasteiger partial charge in [-0.15, -0.1) is 0 Å². The van der Waals surface area contributed by atoms with E-state index in [4.69, 9.17) is 5.11 Å². The summed E-state index contributed by atoms with van der Waals surface area (Å²) in [5.74, 6) is -1.04. The first-order valence-electron chi connectivity index (χ1n) is 6.75. The van der Waals surface area contributed by atoms with E-state index in [9.17, 15) is 14.4 Å². The van der Waals surface area contributed by atoms with Crippen molar-refractivity contribution in [2.24, 2.45) is 0 Å². The molecule has 20 heavy (non-hydrogen) atoms. The first kappa shape index (κ1) is 18.2. The molecule has 3 amide bonds. The molecule has 0 aromatic heterocycles. The van der Waals surface area contributed by atoms with E-state index >= 15 is 0 Å². The molecule has 1 unspecified atom stereocenters. The summed E-state index contributed by atoms with van der Waals surface area (Å²) in [6, 6.07) is -0.577. The molecule has 0 spiro atoms. The average Bonchev–Trinajstić information content (AvgIpc) is 2.35. The van der Waals surface area contributed by atoms with Crippen LogP contribution in [0.25, 0.3) is 0 Å². The number of aliphatic carboxylic acids is 1. The predicted molar refractivity (Wildman–Crippen MR) is 75.4 cm³/mol. The molecule has 0 aliphatic rings. The van der Waals surface area contributed by atoms with Crippen molar-refractivity contribution in [2.75, 3.05) is 27.2 Å². The van der Waals surface area contributed by atoms with E-state index in [1.807, 2.05) is 6.92 Å². The number of rotatable bonds is 8. The minimum atomic E-state index is -0.890. The van der Waals surface area contributed by atoms with Gasteiger partial charge in [0.1, 0.15) is 6.54 Å². The van der Waals surface area contributed by atoms with Crippen LogP contribution in [0.4, 0.5) is 4.79 Å². The van der Waals surface area contributed by atoms with Crippen LogP contribution >= 0.6 is 0 Å². The van der Waals surface area contributed by atoms with Crippen molar-refractivity contribution in [2.45, 2.75) is 39.2 Å². The van der Waals surface area contributed by atoms with Crippen molar-refractivity contribution in [1.29, 1.82) is 0 Å². The molecule has 0 fully saturated rings. The summed E-state index contributed by atoms with van der Waals surface area (Å²) in [6.45, 7) is 4.18. The van der Waals surface area contributed by atoms with E-state index in [1.165, 1.54) is 9.80 Å². The van der Waals surface area contributed by atoms with E-state index in [1.54, 1.807) is 21.0 Å². The first-order chi connectivity index (χ1) is 9.27. The average molecular weight is 287 g/mol. The molecule has 7 nitrogen and oxygen atoms in total. The summed E-state index contributed by atoms with van der Waals surface area (Å²) in [4.78, 5) is 37.1. The van der Waals surface area contributed by atoms with Gasteiger partial charge in [0.15, 0.2) is 0 Å². The molecule has 0 saturated carbocycles. The fourth-order valence-corrected chi connectivity index (χ4v) is 1.54. The summed E-state index contributed by atoms with van der Waals surface area (Å²) >= 11 is 0. The van der Waals surface area contributed by atoms with Crippen LogP contribution in [0.3, 0.4) is 0 Å². The van der Waals surface area contributed by atoms with Crippen LogP contribution in [-0.4, -0.2) is 66.0 Å². The van der Waals surface area contributed by atoms with E-state index in [0.717, 1.165) is 6.42 Å². The molecule has 0 aliphatic heterocycles. The SMILES string of the molecule is CCCN(CC(=O)N(C)C)C(=O)NC(C)CCC(=O)O. The summed E-state index contributed by atoms with van der Waals surface area (Å²) in [6.07, 6.45) is 1.12.